The minimum Gasteiger partial charge on any atom is -0.394 e. The van der Waals surface area contributed by atoms with Gasteiger partial charge in [0.1, 0.15) is 134 Å². The molecule has 0 amide bonds. The van der Waals surface area contributed by atoms with Gasteiger partial charge in [-0.05, 0) is 6.92 Å². The van der Waals surface area contributed by atoms with E-state index in [0.717, 1.165) is 0 Å². The molecule has 30 heteroatoms. The van der Waals surface area contributed by atoms with Crippen LogP contribution in [0.15, 0.2) is 0 Å². The van der Waals surface area contributed by atoms with Gasteiger partial charge in [0.2, 0.25) is 0 Å². The van der Waals surface area contributed by atoms with E-state index in [9.17, 15) is 91.9 Å². The zero-order valence-corrected chi connectivity index (χ0v) is 35.0. The lowest BCUT2D eigenvalue weighted by Gasteiger charge is -2.50. The lowest BCUT2D eigenvalue weighted by Crippen LogP contribution is -2.69. The zero-order chi connectivity index (χ0) is 48.6. The predicted molar refractivity (Wildman–Crippen MR) is 200 cm³/mol. The first-order valence-electron chi connectivity index (χ1n) is 21.1. The van der Waals surface area contributed by atoms with E-state index in [0.29, 0.717) is 0 Å². The highest BCUT2D eigenvalue weighted by molar-refractivity contribution is 5.00. The first-order chi connectivity index (χ1) is 31.2. The third kappa shape index (κ3) is 10.8. The largest absolute Gasteiger partial charge is 0.394 e. The standard InChI is InChI=1S/C36H63NO29/c1-7-14(43)18(47)23(52)33(56-7)66-30-19(48)15(44)8(2-38)60-36(30)64-28-13(37)32(58-9(3-39)16(28)45)65-29-17(46)10(4-40)59-35(25(29)54)63-27-12(6-42)61-34(24(53)21(27)50)62-26-11(5-41)57-31(55)22(51)20(26)49/h7-36,38-55H,2-6,37H2,1H3/t7?,8?,9?,10?,11?,12?,13?,14?,15-,16-,17-,18?,19?,20?,21?,22?,23?,24?,25?,26-,27-,28?,29?,30?,31+,32?,33?,34-,35-,36-/m0/s1. The Hall–Kier alpha value is -1.20. The highest BCUT2D eigenvalue weighted by Crippen LogP contribution is 2.36. The van der Waals surface area contributed by atoms with Crippen molar-refractivity contribution in [2.45, 2.75) is 191 Å². The number of rotatable bonds is 15. The summed E-state index contributed by atoms with van der Waals surface area (Å²) in [5, 5.41) is 190. The molecule has 386 valence electrons. The zero-order valence-electron chi connectivity index (χ0n) is 35.0. The molecule has 6 heterocycles. The van der Waals surface area contributed by atoms with Crippen molar-refractivity contribution in [1.82, 2.24) is 0 Å². The maximum atomic E-state index is 11.5. The summed E-state index contributed by atoms with van der Waals surface area (Å²) in [7, 11) is 0. The summed E-state index contributed by atoms with van der Waals surface area (Å²) in [4.78, 5) is 0. The van der Waals surface area contributed by atoms with E-state index in [-0.39, 0.29) is 0 Å². The molecule has 30 nitrogen and oxygen atoms in total. The normalized spacial score (nSPS) is 54.0. The van der Waals surface area contributed by atoms with Crippen LogP contribution in [0.5, 0.6) is 0 Å². The van der Waals surface area contributed by atoms with Crippen LogP contribution >= 0.6 is 0 Å². The van der Waals surface area contributed by atoms with Crippen molar-refractivity contribution in [1.29, 1.82) is 0 Å². The summed E-state index contributed by atoms with van der Waals surface area (Å²) in [5.41, 5.74) is 6.47. The number of aliphatic hydroxyl groups is 18. The highest BCUT2D eigenvalue weighted by Gasteiger charge is 2.57. The molecule has 0 saturated carbocycles. The molecule has 0 aliphatic carbocycles. The number of ether oxygens (including phenoxy) is 11. The summed E-state index contributed by atoms with van der Waals surface area (Å²) in [5.74, 6) is 0. The van der Waals surface area contributed by atoms with Gasteiger partial charge >= 0.3 is 0 Å². The molecule has 66 heavy (non-hydrogen) atoms. The van der Waals surface area contributed by atoms with Gasteiger partial charge in [0.25, 0.3) is 0 Å². The van der Waals surface area contributed by atoms with E-state index in [1.54, 1.807) is 0 Å². The molecule has 6 saturated heterocycles. The van der Waals surface area contributed by atoms with Crippen LogP contribution in [0.3, 0.4) is 0 Å². The van der Waals surface area contributed by atoms with Crippen molar-refractivity contribution in [3.8, 4) is 0 Å². The van der Waals surface area contributed by atoms with Crippen molar-refractivity contribution in [3.05, 3.63) is 0 Å². The topological polar surface area (TPSA) is 492 Å². The van der Waals surface area contributed by atoms with E-state index in [2.05, 4.69) is 0 Å². The van der Waals surface area contributed by atoms with E-state index >= 15 is 0 Å². The van der Waals surface area contributed by atoms with Gasteiger partial charge in [-0.2, -0.15) is 0 Å². The molecule has 0 aromatic rings. The van der Waals surface area contributed by atoms with Gasteiger partial charge < -0.3 is 150 Å². The average Bonchev–Trinajstić information content (AvgIpc) is 3.30. The molecular formula is C36H63NO29. The molecule has 0 aromatic carbocycles. The molecule has 20 N–H and O–H groups in total. The monoisotopic (exact) mass is 973 g/mol. The van der Waals surface area contributed by atoms with Gasteiger partial charge in [0.15, 0.2) is 37.7 Å². The minimum atomic E-state index is -2.15. The maximum Gasteiger partial charge on any atom is 0.187 e. The quantitative estimate of drug-likeness (QED) is 0.0724. The third-order valence-corrected chi connectivity index (χ3v) is 12.5. The van der Waals surface area contributed by atoms with Crippen molar-refractivity contribution < 1.29 is 144 Å². The van der Waals surface area contributed by atoms with Crippen LogP contribution in [0, 0.1) is 0 Å². The fourth-order valence-electron chi connectivity index (χ4n) is 8.49. The molecule has 0 radical (unpaired) electrons. The van der Waals surface area contributed by atoms with Gasteiger partial charge in [0, 0.05) is 0 Å². The first kappa shape index (κ1) is 54.1. The molecule has 30 atom stereocenters. The Bertz CT molecular complexity index is 1490. The van der Waals surface area contributed by atoms with Crippen LogP contribution in [-0.4, -0.2) is 309 Å². The Balaban J connectivity index is 1.18. The van der Waals surface area contributed by atoms with Crippen LogP contribution in [0.2, 0.25) is 0 Å². The van der Waals surface area contributed by atoms with E-state index < -0.39 is 217 Å². The molecule has 6 aliphatic rings. The second-order valence-electron chi connectivity index (χ2n) is 16.8. The van der Waals surface area contributed by atoms with Crippen LogP contribution in [-0.2, 0) is 52.1 Å². The van der Waals surface area contributed by atoms with E-state index in [1.165, 1.54) is 6.92 Å². The summed E-state index contributed by atoms with van der Waals surface area (Å²) < 4.78 is 61.8. The Labute approximate surface area is 373 Å². The maximum absolute atomic E-state index is 11.5. The SMILES string of the molecule is CC1OC(OC2C(O)[C@@H](O)C(CO)O[C@H]2OC2C(N)C(OC3C(O)[C@H](O[C@H]4C(CO)O[C@@H](O[C@H]5C(CO)O[C@@H](O)C(O)C5O)C(O)C4O)OC(CO)[C@@H]3O)OC(CO)[C@@H]2O)C(O)C(O)C1O. The van der Waals surface area contributed by atoms with Gasteiger partial charge in [-0.1, -0.05) is 0 Å². The molecule has 0 aromatic heterocycles. The van der Waals surface area contributed by atoms with Crippen LogP contribution in [0.1, 0.15) is 6.92 Å². The van der Waals surface area contributed by atoms with Crippen LogP contribution < -0.4 is 5.73 Å². The second kappa shape index (κ2) is 22.9. The Morgan fingerprint density at radius 3 is 1.27 bits per heavy atom. The summed E-state index contributed by atoms with van der Waals surface area (Å²) in [6.45, 7) is -3.36. The molecule has 0 spiro atoms. The molecule has 6 fully saturated rings. The smallest absolute Gasteiger partial charge is 0.187 e. The van der Waals surface area contributed by atoms with Crippen molar-refractivity contribution in [2.75, 3.05) is 33.0 Å². The molecule has 21 unspecified atom stereocenters. The predicted octanol–water partition coefficient (Wildman–Crippen LogP) is -13.1. The number of hydrogen-bond acceptors (Lipinski definition) is 30. The molecule has 6 rings (SSSR count). The fraction of sp³-hybridized carbons (Fsp3) is 1.00. The third-order valence-electron chi connectivity index (χ3n) is 12.5. The lowest BCUT2D eigenvalue weighted by atomic mass is 9.94. The first-order valence-corrected chi connectivity index (χ1v) is 21.1. The average molecular weight is 974 g/mol. The number of nitrogens with two attached hydrogens (primary N) is 1. The second-order valence-corrected chi connectivity index (χ2v) is 16.8. The fourth-order valence-corrected chi connectivity index (χ4v) is 8.49. The Kier molecular flexibility index (Phi) is 18.8. The number of hydrogen-bond donors (Lipinski definition) is 19. The Morgan fingerprint density at radius 1 is 0.318 bits per heavy atom. The van der Waals surface area contributed by atoms with Crippen molar-refractivity contribution in [3.63, 3.8) is 0 Å². The molecular weight excluding hydrogens is 910 g/mol. The highest BCUT2D eigenvalue weighted by atomic mass is 16.8. The summed E-state index contributed by atoms with van der Waals surface area (Å²) >= 11 is 0. The Morgan fingerprint density at radius 2 is 0.697 bits per heavy atom. The minimum absolute atomic E-state index is 0.860. The van der Waals surface area contributed by atoms with E-state index in [4.69, 9.17) is 57.8 Å². The number of aliphatic hydroxyl groups excluding tert-OH is 18. The van der Waals surface area contributed by atoms with Crippen LogP contribution in [0.25, 0.3) is 0 Å². The lowest BCUT2D eigenvalue weighted by molar-refractivity contribution is -0.392. The van der Waals surface area contributed by atoms with Crippen LogP contribution in [0.4, 0.5) is 0 Å². The molecule has 0 bridgehead atoms. The van der Waals surface area contributed by atoms with Crippen molar-refractivity contribution >= 4 is 0 Å². The van der Waals surface area contributed by atoms with Gasteiger partial charge in [-0.25, -0.2) is 0 Å². The summed E-state index contributed by atoms with van der Waals surface area (Å²) in [6.07, 6.45) is -52.9. The molecule has 6 aliphatic heterocycles. The van der Waals surface area contributed by atoms with Gasteiger partial charge in [0.05, 0.1) is 45.2 Å². The van der Waals surface area contributed by atoms with E-state index in [1.807, 2.05) is 0 Å². The van der Waals surface area contributed by atoms with Gasteiger partial charge in [-0.3, -0.25) is 0 Å². The summed E-state index contributed by atoms with van der Waals surface area (Å²) in [6, 6.07) is -1.73. The van der Waals surface area contributed by atoms with Gasteiger partial charge in [-0.15, -0.1) is 0 Å². The van der Waals surface area contributed by atoms with Crippen molar-refractivity contribution in [2.24, 2.45) is 5.73 Å².